The lowest BCUT2D eigenvalue weighted by Crippen LogP contribution is -2.27. The van der Waals surface area contributed by atoms with E-state index in [0.29, 0.717) is 24.2 Å². The van der Waals surface area contributed by atoms with Gasteiger partial charge in [-0.25, -0.2) is 0 Å². The minimum atomic E-state index is -0.0114. The summed E-state index contributed by atoms with van der Waals surface area (Å²) in [5, 5.41) is 9.11. The van der Waals surface area contributed by atoms with Gasteiger partial charge in [0.05, 0.1) is 18.8 Å². The Hall–Kier alpha value is -2.35. The maximum Gasteiger partial charge on any atom is 0.195 e. The van der Waals surface area contributed by atoms with Gasteiger partial charge in [-0.05, 0) is 57.6 Å². The highest BCUT2D eigenvalue weighted by Gasteiger charge is 2.26. The molecule has 7 heteroatoms. The Morgan fingerprint density at radius 2 is 1.75 bits per heavy atom. The molecule has 32 heavy (non-hydrogen) atoms. The molecule has 1 aliphatic carbocycles. The normalized spacial score (nSPS) is 13.8. The molecule has 1 saturated carbocycles. The van der Waals surface area contributed by atoms with Gasteiger partial charge >= 0.3 is 0 Å². The van der Waals surface area contributed by atoms with Crippen LogP contribution < -0.4 is 0 Å². The number of ketones is 1. The molecular formula is C25H30BrN5O. The summed E-state index contributed by atoms with van der Waals surface area (Å²) < 4.78 is 2.95. The Bertz CT molecular complexity index is 1080. The van der Waals surface area contributed by atoms with E-state index in [1.54, 1.807) is 0 Å². The third kappa shape index (κ3) is 5.34. The van der Waals surface area contributed by atoms with Crippen LogP contribution in [0.1, 0.15) is 47.3 Å². The van der Waals surface area contributed by atoms with E-state index in [4.69, 9.17) is 0 Å². The summed E-state index contributed by atoms with van der Waals surface area (Å²) in [6.45, 7) is 5.58. The zero-order valence-corrected chi connectivity index (χ0v) is 20.5. The highest BCUT2D eigenvalue weighted by Crippen LogP contribution is 2.31. The van der Waals surface area contributed by atoms with Crippen molar-refractivity contribution in [2.24, 2.45) is 5.92 Å². The second-order valence-electron chi connectivity index (χ2n) is 8.73. The SMILES string of the molecule is CCN(Cc1nnc(CN(C)C)n1-c1ccc(Br)cc1C(=O)c1ccccc1)CC1CC1. The lowest BCUT2D eigenvalue weighted by atomic mass is 10.0. The van der Waals surface area contributed by atoms with Crippen LogP contribution in [0.25, 0.3) is 5.69 Å². The number of hydrogen-bond donors (Lipinski definition) is 0. The van der Waals surface area contributed by atoms with Crippen molar-refractivity contribution >= 4 is 21.7 Å². The molecule has 0 bridgehead atoms. The summed E-state index contributed by atoms with van der Waals surface area (Å²) in [5.41, 5.74) is 2.12. The Labute approximate surface area is 198 Å². The minimum absolute atomic E-state index is 0.0114. The van der Waals surface area contributed by atoms with Crippen molar-refractivity contribution < 1.29 is 4.79 Å². The molecule has 1 heterocycles. The topological polar surface area (TPSA) is 54.3 Å². The molecule has 1 fully saturated rings. The van der Waals surface area contributed by atoms with Gasteiger partial charge in [-0.2, -0.15) is 0 Å². The van der Waals surface area contributed by atoms with Crippen LogP contribution in [0, 0.1) is 5.92 Å². The highest BCUT2D eigenvalue weighted by molar-refractivity contribution is 9.10. The molecular weight excluding hydrogens is 466 g/mol. The van der Waals surface area contributed by atoms with Crippen LogP contribution in [-0.2, 0) is 13.1 Å². The number of carbonyl (C=O) groups excluding carboxylic acids is 1. The van der Waals surface area contributed by atoms with E-state index in [-0.39, 0.29) is 5.78 Å². The molecule has 168 valence electrons. The van der Waals surface area contributed by atoms with Gasteiger partial charge in [0.15, 0.2) is 17.4 Å². The van der Waals surface area contributed by atoms with Crippen LogP contribution in [-0.4, -0.2) is 57.5 Å². The third-order valence-electron chi connectivity index (χ3n) is 5.76. The number of nitrogens with zero attached hydrogens (tertiary/aromatic N) is 5. The van der Waals surface area contributed by atoms with Crippen molar-refractivity contribution in [3.05, 3.63) is 75.8 Å². The maximum atomic E-state index is 13.5. The number of rotatable bonds is 10. The van der Waals surface area contributed by atoms with Gasteiger partial charge in [-0.15, -0.1) is 10.2 Å². The van der Waals surface area contributed by atoms with E-state index in [1.807, 2.05) is 62.6 Å². The molecule has 0 unspecified atom stereocenters. The number of carbonyl (C=O) groups is 1. The Morgan fingerprint density at radius 1 is 1.06 bits per heavy atom. The van der Waals surface area contributed by atoms with E-state index < -0.39 is 0 Å². The summed E-state index contributed by atoms with van der Waals surface area (Å²) >= 11 is 3.55. The predicted molar refractivity (Wildman–Crippen MR) is 130 cm³/mol. The first-order valence-electron chi connectivity index (χ1n) is 11.2. The smallest absolute Gasteiger partial charge is 0.195 e. The van der Waals surface area contributed by atoms with Crippen molar-refractivity contribution in [3.63, 3.8) is 0 Å². The van der Waals surface area contributed by atoms with Crippen LogP contribution in [0.15, 0.2) is 53.0 Å². The van der Waals surface area contributed by atoms with Gasteiger partial charge in [0, 0.05) is 22.1 Å². The first-order valence-corrected chi connectivity index (χ1v) is 12.0. The van der Waals surface area contributed by atoms with Crippen molar-refractivity contribution in [2.45, 2.75) is 32.9 Å². The van der Waals surface area contributed by atoms with E-state index in [9.17, 15) is 4.79 Å². The van der Waals surface area contributed by atoms with Crippen LogP contribution in [0.5, 0.6) is 0 Å². The number of benzene rings is 2. The summed E-state index contributed by atoms with van der Waals surface area (Å²) in [5.74, 6) is 2.49. The molecule has 0 radical (unpaired) electrons. The molecule has 4 rings (SSSR count). The Morgan fingerprint density at radius 3 is 2.38 bits per heavy atom. The van der Waals surface area contributed by atoms with Crippen LogP contribution in [0.4, 0.5) is 0 Å². The van der Waals surface area contributed by atoms with Gasteiger partial charge in [-0.3, -0.25) is 14.3 Å². The van der Waals surface area contributed by atoms with Crippen LogP contribution in [0.3, 0.4) is 0 Å². The largest absolute Gasteiger partial charge is 0.302 e. The van der Waals surface area contributed by atoms with Crippen molar-refractivity contribution in [2.75, 3.05) is 27.2 Å². The van der Waals surface area contributed by atoms with Crippen molar-refractivity contribution in [1.29, 1.82) is 0 Å². The second-order valence-corrected chi connectivity index (χ2v) is 9.65. The van der Waals surface area contributed by atoms with E-state index in [2.05, 4.69) is 47.4 Å². The standard InChI is InChI=1S/C25H30BrN5O/c1-4-30(15-18-10-11-18)17-24-28-27-23(16-29(2)3)31(24)22-13-12-20(26)14-21(22)25(32)19-8-6-5-7-9-19/h5-9,12-14,18H,4,10-11,15-17H2,1-3H3. The fourth-order valence-corrected chi connectivity index (χ4v) is 4.28. The van der Waals surface area contributed by atoms with Crippen LogP contribution in [0.2, 0.25) is 0 Å². The first kappa shape index (κ1) is 22.8. The second kappa shape index (κ2) is 10.1. The predicted octanol–water partition coefficient (Wildman–Crippen LogP) is 4.55. The molecule has 0 amide bonds. The average molecular weight is 496 g/mol. The number of aromatic nitrogens is 3. The molecule has 1 aliphatic rings. The van der Waals surface area contributed by atoms with E-state index in [1.165, 1.54) is 12.8 Å². The van der Waals surface area contributed by atoms with Crippen molar-refractivity contribution in [1.82, 2.24) is 24.6 Å². The number of hydrogen-bond acceptors (Lipinski definition) is 5. The van der Waals surface area contributed by atoms with Gasteiger partial charge < -0.3 is 4.90 Å². The lowest BCUT2D eigenvalue weighted by Gasteiger charge is -2.22. The number of halogens is 1. The highest BCUT2D eigenvalue weighted by atomic mass is 79.9. The quantitative estimate of drug-likeness (QED) is 0.386. The van der Waals surface area contributed by atoms with Crippen LogP contribution >= 0.6 is 15.9 Å². The summed E-state index contributed by atoms with van der Waals surface area (Å²) in [6, 6.07) is 15.3. The molecule has 0 atom stereocenters. The molecule has 0 saturated heterocycles. The lowest BCUT2D eigenvalue weighted by molar-refractivity contribution is 0.103. The zero-order valence-electron chi connectivity index (χ0n) is 19.0. The first-order chi connectivity index (χ1) is 15.5. The van der Waals surface area contributed by atoms with Gasteiger partial charge in [0.25, 0.3) is 0 Å². The zero-order chi connectivity index (χ0) is 22.7. The van der Waals surface area contributed by atoms with Gasteiger partial charge in [0.1, 0.15) is 0 Å². The molecule has 1 aromatic heterocycles. The van der Waals surface area contributed by atoms with E-state index in [0.717, 1.165) is 40.8 Å². The third-order valence-corrected chi connectivity index (χ3v) is 6.25. The summed E-state index contributed by atoms with van der Waals surface area (Å²) in [7, 11) is 4.03. The fourth-order valence-electron chi connectivity index (χ4n) is 3.92. The van der Waals surface area contributed by atoms with Gasteiger partial charge in [0.2, 0.25) is 0 Å². The fraction of sp³-hybridized carbons (Fsp3) is 0.400. The molecule has 2 aromatic carbocycles. The molecule has 0 spiro atoms. The molecule has 0 N–H and O–H groups in total. The van der Waals surface area contributed by atoms with E-state index >= 15 is 0 Å². The molecule has 3 aromatic rings. The van der Waals surface area contributed by atoms with Crippen molar-refractivity contribution in [3.8, 4) is 5.69 Å². The molecule has 6 nitrogen and oxygen atoms in total. The molecule has 0 aliphatic heterocycles. The Balaban J connectivity index is 1.79. The minimum Gasteiger partial charge on any atom is -0.302 e. The average Bonchev–Trinajstić information content (AvgIpc) is 3.53. The summed E-state index contributed by atoms with van der Waals surface area (Å²) in [6.07, 6.45) is 2.63. The van der Waals surface area contributed by atoms with Gasteiger partial charge in [-0.1, -0.05) is 53.2 Å². The maximum absolute atomic E-state index is 13.5. The Kier molecular flexibility index (Phi) is 7.18. The monoisotopic (exact) mass is 495 g/mol. The summed E-state index contributed by atoms with van der Waals surface area (Å²) in [4.78, 5) is 18.0.